The number of aliphatic carboxylic acids is 1. The van der Waals surface area contributed by atoms with Gasteiger partial charge in [0.15, 0.2) is 0 Å². The number of imidazole rings is 1. The average Bonchev–Trinajstić information content (AvgIpc) is 3.03. The van der Waals surface area contributed by atoms with Gasteiger partial charge in [-0.25, -0.2) is 4.98 Å². The maximum atomic E-state index is 11.9. The van der Waals surface area contributed by atoms with Crippen molar-refractivity contribution >= 4 is 35.0 Å². The van der Waals surface area contributed by atoms with Crippen molar-refractivity contribution in [1.29, 1.82) is 0 Å². The number of carbonyl (C=O) groups excluding carboxylic acids is 1. The lowest BCUT2D eigenvalue weighted by atomic mass is 9.99. The van der Waals surface area contributed by atoms with E-state index in [-0.39, 0.29) is 18.1 Å². The van der Waals surface area contributed by atoms with Gasteiger partial charge >= 0.3 is 5.97 Å². The number of nitrogens with zero attached hydrogens (tertiary/aromatic N) is 2. The zero-order valence-electron chi connectivity index (χ0n) is 16.2. The lowest BCUT2D eigenvalue weighted by Crippen LogP contribution is -2.48. The van der Waals surface area contributed by atoms with Crippen LogP contribution in [0.15, 0.2) is 30.7 Å². The molecule has 2 rings (SSSR count). The van der Waals surface area contributed by atoms with Gasteiger partial charge in [-0.3, -0.25) is 14.9 Å². The third-order valence-electron chi connectivity index (χ3n) is 4.46. The first-order valence-electron chi connectivity index (χ1n) is 9.09. The van der Waals surface area contributed by atoms with E-state index in [1.165, 1.54) is 6.92 Å². The van der Waals surface area contributed by atoms with Gasteiger partial charge in [0.05, 0.1) is 18.9 Å². The zero-order chi connectivity index (χ0) is 20.8. The Bertz CT molecular complexity index is 836. The number of hydrogen-bond acceptors (Lipinski definition) is 4. The monoisotopic (exact) mass is 425 g/mol. The maximum absolute atomic E-state index is 11.9. The molecule has 1 aromatic heterocycles. The molecule has 0 saturated carbocycles. The second-order valence-electron chi connectivity index (χ2n) is 7.30. The quantitative estimate of drug-likeness (QED) is 0.603. The second-order valence-corrected chi connectivity index (χ2v) is 8.15. The van der Waals surface area contributed by atoms with Crippen LogP contribution in [0.3, 0.4) is 0 Å². The van der Waals surface area contributed by atoms with E-state index in [1.54, 1.807) is 30.7 Å². The second kappa shape index (κ2) is 10.0. The summed E-state index contributed by atoms with van der Waals surface area (Å²) in [6.07, 6.45) is 4.02. The number of carbonyl (C=O) groups is 2. The van der Waals surface area contributed by atoms with Gasteiger partial charge < -0.3 is 9.67 Å². The number of carboxylic acid groups (broad SMARTS) is 1. The molecule has 0 aliphatic rings. The SMILES string of the molecule is CC(=O)C(CC(C)C)N[C@@H](Cc1cncn1Cc1cc(Cl)ccc1Cl)C(=O)O. The first-order chi connectivity index (χ1) is 13.2. The highest BCUT2D eigenvalue weighted by Crippen LogP contribution is 2.22. The summed E-state index contributed by atoms with van der Waals surface area (Å²) in [5.74, 6) is -0.811. The van der Waals surface area contributed by atoms with Crippen molar-refractivity contribution in [3.05, 3.63) is 52.0 Å². The zero-order valence-corrected chi connectivity index (χ0v) is 17.7. The molecule has 28 heavy (non-hydrogen) atoms. The van der Waals surface area contributed by atoms with Crippen molar-refractivity contribution in [3.8, 4) is 0 Å². The van der Waals surface area contributed by atoms with Crippen molar-refractivity contribution < 1.29 is 14.7 Å². The van der Waals surface area contributed by atoms with Crippen molar-refractivity contribution in [1.82, 2.24) is 14.9 Å². The van der Waals surface area contributed by atoms with Crippen LogP contribution in [0.4, 0.5) is 0 Å². The van der Waals surface area contributed by atoms with E-state index in [0.717, 1.165) is 11.3 Å². The highest BCUT2D eigenvalue weighted by molar-refractivity contribution is 6.33. The van der Waals surface area contributed by atoms with Crippen LogP contribution in [0.5, 0.6) is 0 Å². The molecule has 0 bridgehead atoms. The summed E-state index contributed by atoms with van der Waals surface area (Å²) in [7, 11) is 0. The Labute approximate surface area is 174 Å². The minimum Gasteiger partial charge on any atom is -0.480 e. The molecule has 1 unspecified atom stereocenters. The third-order valence-corrected chi connectivity index (χ3v) is 5.06. The Balaban J connectivity index is 2.18. The molecule has 6 nitrogen and oxygen atoms in total. The van der Waals surface area contributed by atoms with Gasteiger partial charge in [0.2, 0.25) is 0 Å². The largest absolute Gasteiger partial charge is 0.480 e. The highest BCUT2D eigenvalue weighted by Gasteiger charge is 2.26. The van der Waals surface area contributed by atoms with Gasteiger partial charge in [0.25, 0.3) is 0 Å². The molecule has 0 fully saturated rings. The van der Waals surface area contributed by atoms with Crippen LogP contribution in [-0.2, 0) is 22.6 Å². The average molecular weight is 426 g/mol. The molecular weight excluding hydrogens is 401 g/mol. The molecule has 2 atom stereocenters. The van der Waals surface area contributed by atoms with E-state index >= 15 is 0 Å². The standard InChI is InChI=1S/C20H25Cl2N3O3/c1-12(2)6-18(13(3)26)24-19(20(27)28)8-16-9-23-11-25(16)10-14-7-15(21)4-5-17(14)22/h4-5,7,9,11-12,18-19,24H,6,8,10H2,1-3H3,(H,27,28)/t18?,19-/m0/s1. The van der Waals surface area contributed by atoms with Crippen LogP contribution < -0.4 is 5.32 Å². The summed E-state index contributed by atoms with van der Waals surface area (Å²) in [5, 5.41) is 13.8. The Kier molecular flexibility index (Phi) is 8.04. The Morgan fingerprint density at radius 2 is 1.96 bits per heavy atom. The van der Waals surface area contributed by atoms with Crippen LogP contribution in [0, 0.1) is 5.92 Å². The Morgan fingerprint density at radius 3 is 2.57 bits per heavy atom. The molecule has 0 spiro atoms. The van der Waals surface area contributed by atoms with Gasteiger partial charge in [-0.15, -0.1) is 0 Å². The molecule has 2 aromatic rings. The summed E-state index contributed by atoms with van der Waals surface area (Å²) in [6, 6.07) is 3.80. The van der Waals surface area contributed by atoms with Crippen molar-refractivity contribution in [2.45, 2.75) is 52.2 Å². The van der Waals surface area contributed by atoms with Crippen LogP contribution in [0.25, 0.3) is 0 Å². The van der Waals surface area contributed by atoms with Gasteiger partial charge in [-0.1, -0.05) is 37.0 Å². The number of nitrogens with one attached hydrogen (secondary N) is 1. The number of halogens is 2. The fourth-order valence-electron chi connectivity index (χ4n) is 3.00. The van der Waals surface area contributed by atoms with Crippen molar-refractivity contribution in [3.63, 3.8) is 0 Å². The van der Waals surface area contributed by atoms with Crippen LogP contribution in [-0.4, -0.2) is 38.5 Å². The minimum absolute atomic E-state index is 0.0702. The maximum Gasteiger partial charge on any atom is 0.321 e. The number of hydrogen-bond donors (Lipinski definition) is 2. The van der Waals surface area contributed by atoms with Gasteiger partial charge in [0.1, 0.15) is 11.8 Å². The van der Waals surface area contributed by atoms with E-state index in [0.29, 0.717) is 23.0 Å². The molecule has 0 aliphatic heterocycles. The predicted molar refractivity (Wildman–Crippen MR) is 110 cm³/mol. The Hall–Kier alpha value is -1.89. The first kappa shape index (κ1) is 22.4. The molecule has 0 amide bonds. The fourth-order valence-corrected chi connectivity index (χ4v) is 3.37. The molecule has 0 saturated heterocycles. The topological polar surface area (TPSA) is 84.2 Å². The van der Waals surface area contributed by atoms with Gasteiger partial charge in [0, 0.05) is 28.4 Å². The fraction of sp³-hybridized carbons (Fsp3) is 0.450. The van der Waals surface area contributed by atoms with E-state index in [1.807, 2.05) is 18.4 Å². The normalized spacial score (nSPS) is 13.5. The van der Waals surface area contributed by atoms with Crippen LogP contribution in [0.1, 0.15) is 38.4 Å². The predicted octanol–water partition coefficient (Wildman–Crippen LogP) is 3.83. The lowest BCUT2D eigenvalue weighted by Gasteiger charge is -2.23. The molecule has 8 heteroatoms. The van der Waals surface area contributed by atoms with Crippen LogP contribution >= 0.6 is 23.2 Å². The smallest absolute Gasteiger partial charge is 0.321 e. The summed E-state index contributed by atoms with van der Waals surface area (Å²) in [4.78, 5) is 27.9. The van der Waals surface area contributed by atoms with E-state index in [9.17, 15) is 14.7 Å². The summed E-state index contributed by atoms with van der Waals surface area (Å²) < 4.78 is 1.83. The molecule has 1 aromatic carbocycles. The van der Waals surface area contributed by atoms with Gasteiger partial charge in [-0.2, -0.15) is 0 Å². The van der Waals surface area contributed by atoms with Crippen LogP contribution in [0.2, 0.25) is 10.0 Å². The molecule has 152 valence electrons. The summed E-state index contributed by atoms with van der Waals surface area (Å²) >= 11 is 12.3. The highest BCUT2D eigenvalue weighted by atomic mass is 35.5. The molecule has 2 N–H and O–H groups in total. The Morgan fingerprint density at radius 1 is 1.25 bits per heavy atom. The van der Waals surface area contributed by atoms with E-state index in [2.05, 4.69) is 10.3 Å². The molecule has 1 heterocycles. The van der Waals surface area contributed by atoms with Crippen molar-refractivity contribution in [2.75, 3.05) is 0 Å². The number of aromatic nitrogens is 2. The third kappa shape index (κ3) is 6.33. The first-order valence-corrected chi connectivity index (χ1v) is 9.85. The van der Waals surface area contributed by atoms with Gasteiger partial charge in [-0.05, 0) is 43.0 Å². The molecular formula is C20H25Cl2N3O3. The number of rotatable bonds is 10. The molecule has 0 radical (unpaired) electrons. The number of Topliss-reactive ketones (excluding diaryl/α,β-unsaturated/α-hetero) is 1. The lowest BCUT2D eigenvalue weighted by molar-refractivity contribution is -0.139. The number of carboxylic acids is 1. The number of ketones is 1. The molecule has 0 aliphatic carbocycles. The minimum atomic E-state index is -1.01. The van der Waals surface area contributed by atoms with E-state index < -0.39 is 18.1 Å². The van der Waals surface area contributed by atoms with E-state index in [4.69, 9.17) is 23.2 Å². The summed E-state index contributed by atoms with van der Waals surface area (Å²) in [5.41, 5.74) is 1.54. The summed E-state index contributed by atoms with van der Waals surface area (Å²) in [6.45, 7) is 5.89. The number of benzene rings is 1. The van der Waals surface area contributed by atoms with Crippen molar-refractivity contribution in [2.24, 2.45) is 5.92 Å².